The topological polar surface area (TPSA) is 84.6 Å². The molecule has 1 aliphatic carbocycles. The number of hydrogen-bond donors (Lipinski definition) is 3. The van der Waals surface area contributed by atoms with Gasteiger partial charge in [-0.2, -0.15) is 0 Å². The number of nitrogens with one attached hydrogen (secondary N) is 1. The number of nitrogens with two attached hydrogens (primary N) is 1. The van der Waals surface area contributed by atoms with Crippen LogP contribution in [0.15, 0.2) is 0 Å². The Kier molecular flexibility index (Phi) is 6.63. The molecule has 0 bridgehead atoms. The Balaban J connectivity index is 2.55. The zero-order valence-electron chi connectivity index (χ0n) is 13.9. The number of hydrogen-bond acceptors (Lipinski definition) is 4. The van der Waals surface area contributed by atoms with Crippen LogP contribution in [-0.4, -0.2) is 42.4 Å². The lowest BCUT2D eigenvalue weighted by Gasteiger charge is -2.57. The van der Waals surface area contributed by atoms with Crippen LogP contribution in [0.3, 0.4) is 0 Å². The highest BCUT2D eigenvalue weighted by atomic mass is 16.5. The minimum Gasteiger partial charge on any atom is -0.396 e. The molecule has 4 N–H and O–H groups in total. The zero-order valence-corrected chi connectivity index (χ0v) is 13.9. The SMILES string of the molecule is CCCC(CCO)CNC(=O)C1(N)CC(OCC)C1(C)C. The van der Waals surface area contributed by atoms with Crippen molar-refractivity contribution < 1.29 is 14.6 Å². The second kappa shape index (κ2) is 7.56. The molecular weight excluding hydrogens is 268 g/mol. The molecule has 0 saturated heterocycles. The van der Waals surface area contributed by atoms with Crippen molar-refractivity contribution in [2.45, 2.75) is 65.0 Å². The van der Waals surface area contributed by atoms with Gasteiger partial charge in [0.15, 0.2) is 0 Å². The number of rotatable bonds is 9. The molecule has 0 aromatic heterocycles. The Morgan fingerprint density at radius 2 is 2.10 bits per heavy atom. The van der Waals surface area contributed by atoms with Crippen LogP contribution in [0.4, 0.5) is 0 Å². The first-order valence-corrected chi connectivity index (χ1v) is 8.13. The van der Waals surface area contributed by atoms with Crippen LogP contribution in [0.25, 0.3) is 0 Å². The minimum atomic E-state index is -0.858. The number of aliphatic hydroxyl groups is 1. The molecule has 1 rings (SSSR count). The summed E-state index contributed by atoms with van der Waals surface area (Å²) in [6.07, 6.45) is 3.38. The molecular formula is C16H32N2O3. The van der Waals surface area contributed by atoms with Crippen molar-refractivity contribution in [2.75, 3.05) is 19.8 Å². The summed E-state index contributed by atoms with van der Waals surface area (Å²) < 4.78 is 5.65. The Labute approximate surface area is 128 Å². The van der Waals surface area contributed by atoms with Gasteiger partial charge in [-0.1, -0.05) is 27.2 Å². The Morgan fingerprint density at radius 1 is 1.43 bits per heavy atom. The molecule has 5 heteroatoms. The molecule has 0 heterocycles. The highest BCUT2D eigenvalue weighted by Crippen LogP contribution is 2.49. The summed E-state index contributed by atoms with van der Waals surface area (Å²) in [4.78, 5) is 12.5. The summed E-state index contributed by atoms with van der Waals surface area (Å²) in [7, 11) is 0. The Bertz CT molecular complexity index is 340. The highest BCUT2D eigenvalue weighted by molar-refractivity contribution is 5.88. The van der Waals surface area contributed by atoms with E-state index in [1.54, 1.807) is 0 Å². The van der Waals surface area contributed by atoms with Crippen LogP contribution < -0.4 is 11.1 Å². The molecule has 0 aromatic carbocycles. The number of aliphatic hydroxyl groups excluding tert-OH is 1. The van der Waals surface area contributed by atoms with E-state index in [0.29, 0.717) is 25.5 Å². The summed E-state index contributed by atoms with van der Waals surface area (Å²) in [5.41, 5.74) is 5.12. The molecule has 3 unspecified atom stereocenters. The van der Waals surface area contributed by atoms with Crippen molar-refractivity contribution in [3.05, 3.63) is 0 Å². The summed E-state index contributed by atoms with van der Waals surface area (Å²) in [5.74, 6) is 0.223. The van der Waals surface area contributed by atoms with Crippen molar-refractivity contribution in [1.29, 1.82) is 0 Å². The van der Waals surface area contributed by atoms with Crippen LogP contribution in [0.1, 0.15) is 53.4 Å². The largest absolute Gasteiger partial charge is 0.396 e. The zero-order chi connectivity index (χ0) is 16.1. The molecule has 0 radical (unpaired) electrons. The van der Waals surface area contributed by atoms with Gasteiger partial charge in [0.2, 0.25) is 5.91 Å². The van der Waals surface area contributed by atoms with Gasteiger partial charge in [0.1, 0.15) is 5.54 Å². The van der Waals surface area contributed by atoms with E-state index in [4.69, 9.17) is 15.6 Å². The number of ether oxygens (including phenoxy) is 1. The Hall–Kier alpha value is -0.650. The average Bonchev–Trinajstić information content (AvgIpc) is 2.44. The first-order valence-electron chi connectivity index (χ1n) is 8.13. The van der Waals surface area contributed by atoms with E-state index in [9.17, 15) is 4.79 Å². The van der Waals surface area contributed by atoms with Crippen LogP contribution >= 0.6 is 0 Å². The monoisotopic (exact) mass is 300 g/mol. The lowest BCUT2D eigenvalue weighted by atomic mass is 9.54. The summed E-state index contributed by atoms with van der Waals surface area (Å²) >= 11 is 0. The molecule has 1 saturated carbocycles. The van der Waals surface area contributed by atoms with Crippen molar-refractivity contribution in [1.82, 2.24) is 5.32 Å². The lowest BCUT2D eigenvalue weighted by Crippen LogP contribution is -2.75. The maximum absolute atomic E-state index is 12.5. The molecule has 0 aromatic rings. The van der Waals surface area contributed by atoms with Gasteiger partial charge in [-0.25, -0.2) is 0 Å². The predicted octanol–water partition coefficient (Wildman–Crippen LogP) is 1.43. The van der Waals surface area contributed by atoms with E-state index in [2.05, 4.69) is 12.2 Å². The third-order valence-corrected chi connectivity index (χ3v) is 5.02. The maximum atomic E-state index is 12.5. The second-order valence-electron chi connectivity index (χ2n) is 6.72. The number of amides is 1. The van der Waals surface area contributed by atoms with Gasteiger partial charge in [-0.05, 0) is 25.7 Å². The third kappa shape index (κ3) is 3.76. The van der Waals surface area contributed by atoms with Crippen molar-refractivity contribution in [2.24, 2.45) is 17.1 Å². The first-order chi connectivity index (χ1) is 9.83. The van der Waals surface area contributed by atoms with Gasteiger partial charge in [0, 0.05) is 31.6 Å². The highest BCUT2D eigenvalue weighted by Gasteiger charge is 2.62. The first kappa shape index (κ1) is 18.4. The standard InChI is InChI=1S/C16H32N2O3/c1-5-7-12(8-9-19)11-18-14(20)16(17)10-13(21-6-2)15(16,3)4/h12-13,19H,5-11,17H2,1-4H3,(H,18,20). The molecule has 1 amide bonds. The minimum absolute atomic E-state index is 0.0436. The molecule has 5 nitrogen and oxygen atoms in total. The normalized spacial score (nSPS) is 28.8. The number of carbonyl (C=O) groups excluding carboxylic acids is 1. The van der Waals surface area contributed by atoms with Crippen LogP contribution in [0.2, 0.25) is 0 Å². The second-order valence-corrected chi connectivity index (χ2v) is 6.72. The maximum Gasteiger partial charge on any atom is 0.240 e. The van der Waals surface area contributed by atoms with Crippen molar-refractivity contribution in [3.63, 3.8) is 0 Å². The van der Waals surface area contributed by atoms with Gasteiger partial charge >= 0.3 is 0 Å². The molecule has 3 atom stereocenters. The van der Waals surface area contributed by atoms with E-state index in [1.165, 1.54) is 0 Å². The van der Waals surface area contributed by atoms with E-state index >= 15 is 0 Å². The van der Waals surface area contributed by atoms with Crippen LogP contribution in [-0.2, 0) is 9.53 Å². The predicted molar refractivity (Wildman–Crippen MR) is 83.8 cm³/mol. The van der Waals surface area contributed by atoms with E-state index in [1.807, 2.05) is 20.8 Å². The van der Waals surface area contributed by atoms with Gasteiger partial charge in [-0.3, -0.25) is 4.79 Å². The average molecular weight is 300 g/mol. The fraction of sp³-hybridized carbons (Fsp3) is 0.938. The fourth-order valence-corrected chi connectivity index (χ4v) is 3.15. The summed E-state index contributed by atoms with van der Waals surface area (Å²) in [6.45, 7) is 9.44. The molecule has 21 heavy (non-hydrogen) atoms. The summed E-state index contributed by atoms with van der Waals surface area (Å²) in [5, 5.41) is 12.1. The fourth-order valence-electron chi connectivity index (χ4n) is 3.15. The van der Waals surface area contributed by atoms with E-state index in [-0.39, 0.29) is 24.0 Å². The van der Waals surface area contributed by atoms with Gasteiger partial charge in [0.05, 0.1) is 6.10 Å². The van der Waals surface area contributed by atoms with Gasteiger partial charge in [-0.15, -0.1) is 0 Å². The van der Waals surface area contributed by atoms with Crippen LogP contribution in [0, 0.1) is 11.3 Å². The quantitative estimate of drug-likeness (QED) is 0.601. The Morgan fingerprint density at radius 3 is 2.57 bits per heavy atom. The van der Waals surface area contributed by atoms with Crippen molar-refractivity contribution in [3.8, 4) is 0 Å². The third-order valence-electron chi connectivity index (χ3n) is 5.02. The smallest absolute Gasteiger partial charge is 0.240 e. The molecule has 1 fully saturated rings. The number of carbonyl (C=O) groups is 1. The van der Waals surface area contributed by atoms with Gasteiger partial charge < -0.3 is 20.9 Å². The summed E-state index contributed by atoms with van der Waals surface area (Å²) in [6, 6.07) is 0. The molecule has 1 aliphatic rings. The van der Waals surface area contributed by atoms with Crippen LogP contribution in [0.5, 0.6) is 0 Å². The molecule has 0 aliphatic heterocycles. The van der Waals surface area contributed by atoms with Crippen molar-refractivity contribution >= 4 is 5.91 Å². The van der Waals surface area contributed by atoms with Gasteiger partial charge in [0.25, 0.3) is 0 Å². The lowest BCUT2D eigenvalue weighted by molar-refractivity contribution is -0.170. The molecule has 0 spiro atoms. The van der Waals surface area contributed by atoms with E-state index in [0.717, 1.165) is 19.3 Å². The van der Waals surface area contributed by atoms with E-state index < -0.39 is 5.54 Å². The molecule has 124 valence electrons.